The van der Waals surface area contributed by atoms with Crippen molar-refractivity contribution in [2.45, 2.75) is 13.0 Å². The van der Waals surface area contributed by atoms with E-state index in [1.54, 1.807) is 27.9 Å². The third-order valence-electron chi connectivity index (χ3n) is 6.18. The molecule has 0 radical (unpaired) electrons. The van der Waals surface area contributed by atoms with Gasteiger partial charge in [0.15, 0.2) is 0 Å². The van der Waals surface area contributed by atoms with Gasteiger partial charge >= 0.3 is 0 Å². The van der Waals surface area contributed by atoms with Gasteiger partial charge in [0.05, 0.1) is 24.3 Å². The zero-order chi connectivity index (χ0) is 22.1. The maximum Gasteiger partial charge on any atom is 0.231 e. The number of piperazine rings is 1. The molecule has 0 aliphatic carbocycles. The minimum absolute atomic E-state index is 0.0581. The van der Waals surface area contributed by atoms with Crippen molar-refractivity contribution < 1.29 is 14.0 Å². The van der Waals surface area contributed by atoms with Crippen LogP contribution in [0.2, 0.25) is 0 Å². The van der Waals surface area contributed by atoms with Crippen molar-refractivity contribution in [3.05, 3.63) is 66.6 Å². The van der Waals surface area contributed by atoms with Gasteiger partial charge in [0, 0.05) is 38.2 Å². The minimum atomic E-state index is -0.469. The van der Waals surface area contributed by atoms with Crippen molar-refractivity contribution in [3.8, 4) is 11.1 Å². The summed E-state index contributed by atoms with van der Waals surface area (Å²) in [5, 5.41) is 7.37. The lowest BCUT2D eigenvalue weighted by Crippen LogP contribution is -2.50. The highest BCUT2D eigenvalue weighted by molar-refractivity contribution is 5.98. The Morgan fingerprint density at radius 2 is 1.75 bits per heavy atom. The van der Waals surface area contributed by atoms with Crippen molar-refractivity contribution in [2.24, 2.45) is 5.92 Å². The molecular formula is C24H24FN5O2. The summed E-state index contributed by atoms with van der Waals surface area (Å²) in [6, 6.07) is 16.4. The van der Waals surface area contributed by atoms with Gasteiger partial charge in [0.25, 0.3) is 0 Å². The number of hydrogen-bond donors (Lipinski definition) is 1. The summed E-state index contributed by atoms with van der Waals surface area (Å²) < 4.78 is 15.8. The molecule has 7 nitrogen and oxygen atoms in total. The Bertz CT molecular complexity index is 1140. The Kier molecular flexibility index (Phi) is 5.34. The number of carbonyl (C=O) groups excluding carboxylic acids is 2. The van der Waals surface area contributed by atoms with Crippen LogP contribution in [0.15, 0.2) is 60.8 Å². The van der Waals surface area contributed by atoms with Crippen molar-refractivity contribution in [1.29, 1.82) is 0 Å². The Hall–Kier alpha value is -3.68. The molecule has 164 valence electrons. The maximum absolute atomic E-state index is 14.0. The molecule has 2 aliphatic heterocycles. The van der Waals surface area contributed by atoms with E-state index in [1.807, 2.05) is 41.3 Å². The molecule has 2 amide bonds. The smallest absolute Gasteiger partial charge is 0.231 e. The van der Waals surface area contributed by atoms with Crippen LogP contribution in [0.5, 0.6) is 0 Å². The molecule has 1 saturated heterocycles. The topological polar surface area (TPSA) is 70.5 Å². The molecule has 1 unspecified atom stereocenters. The van der Waals surface area contributed by atoms with Gasteiger partial charge in [-0.15, -0.1) is 0 Å². The third-order valence-corrected chi connectivity index (χ3v) is 6.18. The number of aromatic nitrogens is 2. The van der Waals surface area contributed by atoms with E-state index in [-0.39, 0.29) is 24.1 Å². The average molecular weight is 433 g/mol. The van der Waals surface area contributed by atoms with E-state index in [0.29, 0.717) is 44.2 Å². The summed E-state index contributed by atoms with van der Waals surface area (Å²) in [5.74, 6) is -0.270. The monoisotopic (exact) mass is 433 g/mol. The fourth-order valence-corrected chi connectivity index (χ4v) is 4.40. The predicted molar refractivity (Wildman–Crippen MR) is 120 cm³/mol. The van der Waals surface area contributed by atoms with Gasteiger partial charge in [0.2, 0.25) is 11.8 Å². The van der Waals surface area contributed by atoms with Crippen LogP contribution in [-0.2, 0) is 16.1 Å². The molecular weight excluding hydrogens is 409 g/mol. The van der Waals surface area contributed by atoms with Crippen LogP contribution in [0.3, 0.4) is 0 Å². The number of carbonyl (C=O) groups is 2. The molecule has 5 rings (SSSR count). The normalized spacial score (nSPS) is 18.3. The fourth-order valence-electron chi connectivity index (χ4n) is 4.40. The molecule has 3 aromatic rings. The number of nitrogens with zero attached hydrogens (tertiary/aromatic N) is 4. The molecule has 8 heteroatoms. The molecule has 2 aliphatic rings. The SMILES string of the molecule is O=C1Nc2c(-c3ccccc3)cnn2CC1CC(=O)N1CCN(c2ccccc2F)CC1. The van der Waals surface area contributed by atoms with Crippen LogP contribution in [0.25, 0.3) is 11.1 Å². The number of nitrogens with one attached hydrogen (secondary N) is 1. The molecule has 1 fully saturated rings. The Morgan fingerprint density at radius 3 is 2.50 bits per heavy atom. The summed E-state index contributed by atoms with van der Waals surface area (Å²) in [7, 11) is 0. The molecule has 1 atom stereocenters. The van der Waals surface area contributed by atoms with E-state index in [9.17, 15) is 14.0 Å². The molecule has 0 spiro atoms. The summed E-state index contributed by atoms with van der Waals surface area (Å²) in [6.45, 7) is 2.51. The third kappa shape index (κ3) is 3.84. The zero-order valence-electron chi connectivity index (χ0n) is 17.6. The molecule has 32 heavy (non-hydrogen) atoms. The van der Waals surface area contributed by atoms with Crippen LogP contribution in [-0.4, -0.2) is 52.7 Å². The van der Waals surface area contributed by atoms with E-state index in [0.717, 1.165) is 11.1 Å². The Morgan fingerprint density at radius 1 is 1.03 bits per heavy atom. The average Bonchev–Trinajstić information content (AvgIpc) is 3.23. The van der Waals surface area contributed by atoms with Crippen molar-refractivity contribution in [3.63, 3.8) is 0 Å². The number of fused-ring (bicyclic) bond motifs is 1. The first-order valence-electron chi connectivity index (χ1n) is 10.8. The number of hydrogen-bond acceptors (Lipinski definition) is 4. The van der Waals surface area contributed by atoms with E-state index in [4.69, 9.17) is 0 Å². The highest BCUT2D eigenvalue weighted by Gasteiger charge is 2.33. The second-order valence-corrected chi connectivity index (χ2v) is 8.16. The van der Waals surface area contributed by atoms with E-state index < -0.39 is 5.92 Å². The van der Waals surface area contributed by atoms with Crippen LogP contribution in [0, 0.1) is 11.7 Å². The quantitative estimate of drug-likeness (QED) is 0.687. The summed E-state index contributed by atoms with van der Waals surface area (Å²) in [4.78, 5) is 29.4. The Balaban J connectivity index is 1.21. The van der Waals surface area contributed by atoms with Crippen molar-refractivity contribution >= 4 is 23.3 Å². The Labute approximate surface area is 185 Å². The van der Waals surface area contributed by atoms with Crippen molar-refractivity contribution in [2.75, 3.05) is 36.4 Å². The zero-order valence-corrected chi connectivity index (χ0v) is 17.6. The van der Waals surface area contributed by atoms with E-state index in [2.05, 4.69) is 10.4 Å². The van der Waals surface area contributed by atoms with Gasteiger partial charge in [-0.1, -0.05) is 42.5 Å². The number of halogens is 1. The summed E-state index contributed by atoms with van der Waals surface area (Å²) in [6.07, 6.45) is 1.88. The lowest BCUT2D eigenvalue weighted by molar-refractivity contribution is -0.135. The van der Waals surface area contributed by atoms with Gasteiger partial charge in [-0.2, -0.15) is 5.10 Å². The second kappa shape index (κ2) is 8.45. The number of rotatable bonds is 4. The van der Waals surface area contributed by atoms with Gasteiger partial charge in [-0.3, -0.25) is 9.59 Å². The van der Waals surface area contributed by atoms with Gasteiger partial charge in [-0.05, 0) is 17.7 Å². The highest BCUT2D eigenvalue weighted by Crippen LogP contribution is 2.32. The predicted octanol–water partition coefficient (Wildman–Crippen LogP) is 3.00. The molecule has 3 heterocycles. The summed E-state index contributed by atoms with van der Waals surface area (Å²) in [5.41, 5.74) is 2.41. The van der Waals surface area contributed by atoms with Crippen LogP contribution < -0.4 is 10.2 Å². The first kappa shape index (κ1) is 20.2. The number of benzene rings is 2. The first-order valence-corrected chi connectivity index (χ1v) is 10.8. The number of amides is 2. The molecule has 1 N–H and O–H groups in total. The van der Waals surface area contributed by atoms with E-state index >= 15 is 0 Å². The highest BCUT2D eigenvalue weighted by atomic mass is 19.1. The van der Waals surface area contributed by atoms with Crippen LogP contribution in [0.1, 0.15) is 6.42 Å². The second-order valence-electron chi connectivity index (χ2n) is 8.16. The minimum Gasteiger partial charge on any atom is -0.366 e. The van der Waals surface area contributed by atoms with Crippen LogP contribution in [0.4, 0.5) is 15.9 Å². The summed E-state index contributed by atoms with van der Waals surface area (Å²) >= 11 is 0. The maximum atomic E-state index is 14.0. The molecule has 0 bridgehead atoms. The molecule has 2 aromatic carbocycles. The largest absolute Gasteiger partial charge is 0.366 e. The number of para-hydroxylation sites is 1. The first-order chi connectivity index (χ1) is 15.6. The van der Waals surface area contributed by atoms with Gasteiger partial charge in [-0.25, -0.2) is 9.07 Å². The molecule has 1 aromatic heterocycles. The van der Waals surface area contributed by atoms with Gasteiger partial charge in [0.1, 0.15) is 11.6 Å². The lowest BCUT2D eigenvalue weighted by Gasteiger charge is -2.37. The molecule has 0 saturated carbocycles. The van der Waals surface area contributed by atoms with Crippen molar-refractivity contribution in [1.82, 2.24) is 14.7 Å². The number of anilines is 2. The fraction of sp³-hybridized carbons (Fsp3) is 0.292. The lowest BCUT2D eigenvalue weighted by atomic mass is 10.0. The van der Waals surface area contributed by atoms with Gasteiger partial charge < -0.3 is 15.1 Å². The standard InChI is InChI=1S/C24H24FN5O2/c25-20-8-4-5-9-21(20)28-10-12-29(13-11-28)22(31)14-18-16-30-23(27-24(18)32)19(15-26-30)17-6-2-1-3-7-17/h1-9,15,18H,10-14,16H2,(H,27,32). The van der Waals surface area contributed by atoms with E-state index in [1.165, 1.54) is 6.07 Å². The van der Waals surface area contributed by atoms with Crippen LogP contribution >= 0.6 is 0 Å².